The van der Waals surface area contributed by atoms with Crippen LogP contribution in [0.2, 0.25) is 0 Å². The Kier molecular flexibility index (Phi) is 8.08. The first-order chi connectivity index (χ1) is 11.9. The average Bonchev–Trinajstić information content (AvgIpc) is 3.04. The summed E-state index contributed by atoms with van der Waals surface area (Å²) >= 11 is 0. The molecule has 0 saturated carbocycles. The lowest BCUT2D eigenvalue weighted by atomic mass is 9.90. The van der Waals surface area contributed by atoms with Crippen LogP contribution < -0.4 is 10.6 Å². The number of amides is 1. The Morgan fingerprint density at radius 3 is 2.41 bits per heavy atom. The van der Waals surface area contributed by atoms with Crippen molar-refractivity contribution in [3.05, 3.63) is 48.3 Å². The molecular weight excluding hydrogens is 383 g/mol. The van der Waals surface area contributed by atoms with Gasteiger partial charge < -0.3 is 15.5 Å². The fourth-order valence-corrected chi connectivity index (χ4v) is 3.21. The highest BCUT2D eigenvalue weighted by Gasteiger charge is 2.35. The zero-order valence-electron chi connectivity index (χ0n) is 16.0. The van der Waals surface area contributed by atoms with Crippen molar-refractivity contribution in [2.45, 2.75) is 13.3 Å². The first-order valence-electron chi connectivity index (χ1n) is 8.64. The molecule has 27 heavy (non-hydrogen) atoms. The fourth-order valence-electron chi connectivity index (χ4n) is 3.21. The van der Waals surface area contributed by atoms with E-state index in [0.717, 1.165) is 29.8 Å². The number of carbonyl (C=O) groups excluding carboxylic acids is 1. The van der Waals surface area contributed by atoms with E-state index in [4.69, 9.17) is 5.73 Å². The third-order valence-corrected chi connectivity index (χ3v) is 5.04. The van der Waals surface area contributed by atoms with Crippen LogP contribution in [0, 0.1) is 5.41 Å². The molecule has 0 bridgehead atoms. The molecule has 7 heteroatoms. The summed E-state index contributed by atoms with van der Waals surface area (Å²) in [5.74, 6) is 0.0384. The third kappa shape index (κ3) is 5.12. The maximum atomic E-state index is 12.8. The van der Waals surface area contributed by atoms with Gasteiger partial charge in [-0.25, -0.2) is 0 Å². The first-order valence-corrected chi connectivity index (χ1v) is 8.64. The topological polar surface area (TPSA) is 62.5 Å². The van der Waals surface area contributed by atoms with Gasteiger partial charge >= 0.3 is 0 Å². The Bertz CT molecular complexity index is 767. The molecule has 1 atom stereocenters. The van der Waals surface area contributed by atoms with Gasteiger partial charge in [0.25, 0.3) is 5.91 Å². The number of nitrogens with two attached hydrogens (primary N) is 1. The lowest BCUT2D eigenvalue weighted by Gasteiger charge is -2.22. The van der Waals surface area contributed by atoms with Gasteiger partial charge in [0, 0.05) is 50.8 Å². The molecule has 2 N–H and O–H groups in total. The molecule has 1 aromatic heterocycles. The predicted octanol–water partition coefficient (Wildman–Crippen LogP) is 3.47. The third-order valence-electron chi connectivity index (χ3n) is 5.04. The van der Waals surface area contributed by atoms with E-state index in [1.807, 2.05) is 25.1 Å². The molecule has 2 heterocycles. The van der Waals surface area contributed by atoms with Crippen molar-refractivity contribution in [1.29, 1.82) is 0 Å². The van der Waals surface area contributed by atoms with Crippen molar-refractivity contribution >= 4 is 36.4 Å². The number of hydrogen-bond donors (Lipinski definition) is 1. The summed E-state index contributed by atoms with van der Waals surface area (Å²) in [7, 11) is 4.03. The van der Waals surface area contributed by atoms with Gasteiger partial charge in [-0.05, 0) is 42.1 Å². The molecular formula is C20H28Cl2N4O. The summed E-state index contributed by atoms with van der Waals surface area (Å²) in [5, 5.41) is 0. The number of hydrogen-bond acceptors (Lipinski definition) is 4. The molecule has 1 unspecified atom stereocenters. The SMILES string of the molecule is CN(C)c1ccc(-c2cncc(C(=O)N3CCC(C)(CN)C3)c2)cc1.Cl.Cl. The summed E-state index contributed by atoms with van der Waals surface area (Å²) < 4.78 is 0. The highest BCUT2D eigenvalue weighted by Crippen LogP contribution is 2.30. The summed E-state index contributed by atoms with van der Waals surface area (Å²) in [6, 6.07) is 10.2. The van der Waals surface area contributed by atoms with Crippen LogP contribution in [0.25, 0.3) is 11.1 Å². The standard InChI is InChI=1S/C20H26N4O.2ClH/c1-20(13-21)8-9-24(14-20)19(25)17-10-16(11-22-12-17)15-4-6-18(7-5-15)23(2)3;;/h4-7,10-12H,8-9,13-14,21H2,1-3H3;2*1H. The number of halogens is 2. The summed E-state index contributed by atoms with van der Waals surface area (Å²) in [4.78, 5) is 21.1. The zero-order chi connectivity index (χ0) is 18.0. The summed E-state index contributed by atoms with van der Waals surface area (Å²) in [6.07, 6.45) is 4.40. The second-order valence-corrected chi connectivity index (χ2v) is 7.40. The van der Waals surface area contributed by atoms with Crippen LogP contribution in [0.4, 0.5) is 5.69 Å². The van der Waals surface area contributed by atoms with E-state index in [1.54, 1.807) is 12.4 Å². The lowest BCUT2D eigenvalue weighted by Crippen LogP contribution is -2.34. The Morgan fingerprint density at radius 2 is 1.85 bits per heavy atom. The lowest BCUT2D eigenvalue weighted by molar-refractivity contribution is 0.0776. The normalized spacial score (nSPS) is 18.4. The van der Waals surface area contributed by atoms with E-state index in [9.17, 15) is 4.79 Å². The predicted molar refractivity (Wildman–Crippen MR) is 116 cm³/mol. The molecule has 3 rings (SSSR count). The van der Waals surface area contributed by atoms with Gasteiger partial charge in [0.2, 0.25) is 0 Å². The number of nitrogens with zero attached hydrogens (tertiary/aromatic N) is 3. The van der Waals surface area contributed by atoms with Crippen LogP contribution >= 0.6 is 24.8 Å². The molecule has 0 aliphatic carbocycles. The van der Waals surface area contributed by atoms with E-state index < -0.39 is 0 Å². The van der Waals surface area contributed by atoms with Crippen molar-refractivity contribution in [2.75, 3.05) is 38.6 Å². The number of carbonyl (C=O) groups is 1. The summed E-state index contributed by atoms with van der Waals surface area (Å²) in [5.41, 5.74) is 9.67. The van der Waals surface area contributed by atoms with Gasteiger partial charge in [0.05, 0.1) is 5.56 Å². The average molecular weight is 411 g/mol. The molecule has 2 aromatic rings. The monoisotopic (exact) mass is 410 g/mol. The van der Waals surface area contributed by atoms with Crippen LogP contribution in [0.5, 0.6) is 0 Å². The van der Waals surface area contributed by atoms with Crippen LogP contribution in [0.15, 0.2) is 42.7 Å². The highest BCUT2D eigenvalue weighted by molar-refractivity contribution is 5.95. The number of anilines is 1. The molecule has 0 radical (unpaired) electrons. The Labute approximate surface area is 173 Å². The smallest absolute Gasteiger partial charge is 0.255 e. The molecule has 148 valence electrons. The maximum absolute atomic E-state index is 12.8. The van der Waals surface area contributed by atoms with Gasteiger partial charge in [0.15, 0.2) is 0 Å². The van der Waals surface area contributed by atoms with Crippen LogP contribution in [0.1, 0.15) is 23.7 Å². The van der Waals surface area contributed by atoms with E-state index in [-0.39, 0.29) is 36.1 Å². The Hall–Kier alpha value is -1.82. The molecule has 1 aromatic carbocycles. The van der Waals surface area contributed by atoms with Crippen molar-refractivity contribution in [3.63, 3.8) is 0 Å². The number of rotatable bonds is 4. The van der Waals surface area contributed by atoms with Crippen LogP contribution in [-0.4, -0.2) is 49.5 Å². The largest absolute Gasteiger partial charge is 0.378 e. The zero-order valence-corrected chi connectivity index (χ0v) is 17.6. The van der Waals surface area contributed by atoms with E-state index in [2.05, 4.69) is 41.1 Å². The second kappa shape index (κ2) is 9.40. The molecule has 5 nitrogen and oxygen atoms in total. The van der Waals surface area contributed by atoms with Crippen molar-refractivity contribution in [2.24, 2.45) is 11.1 Å². The van der Waals surface area contributed by atoms with Gasteiger partial charge in [-0.1, -0.05) is 19.1 Å². The fraction of sp³-hybridized carbons (Fsp3) is 0.400. The Balaban J connectivity index is 0.00000182. The molecule has 1 fully saturated rings. The molecule has 1 amide bonds. The first kappa shape index (κ1) is 23.2. The molecule has 1 aliphatic rings. The van der Waals surface area contributed by atoms with Crippen molar-refractivity contribution in [1.82, 2.24) is 9.88 Å². The number of pyridine rings is 1. The molecule has 1 aliphatic heterocycles. The minimum atomic E-state index is 0. The van der Waals surface area contributed by atoms with Crippen molar-refractivity contribution in [3.8, 4) is 11.1 Å². The second-order valence-electron chi connectivity index (χ2n) is 7.40. The van der Waals surface area contributed by atoms with Crippen LogP contribution in [0.3, 0.4) is 0 Å². The van der Waals surface area contributed by atoms with Crippen molar-refractivity contribution < 1.29 is 4.79 Å². The van der Waals surface area contributed by atoms with E-state index in [0.29, 0.717) is 18.7 Å². The quantitative estimate of drug-likeness (QED) is 0.837. The number of aromatic nitrogens is 1. The summed E-state index contributed by atoms with van der Waals surface area (Å²) in [6.45, 7) is 4.22. The highest BCUT2D eigenvalue weighted by atomic mass is 35.5. The minimum absolute atomic E-state index is 0. The molecule has 1 saturated heterocycles. The minimum Gasteiger partial charge on any atom is -0.378 e. The number of likely N-dealkylation sites (tertiary alicyclic amines) is 1. The van der Waals surface area contributed by atoms with E-state index in [1.165, 1.54) is 0 Å². The van der Waals surface area contributed by atoms with Gasteiger partial charge in [0.1, 0.15) is 0 Å². The van der Waals surface area contributed by atoms with Gasteiger partial charge in [-0.2, -0.15) is 0 Å². The van der Waals surface area contributed by atoms with Crippen LogP contribution in [-0.2, 0) is 0 Å². The maximum Gasteiger partial charge on any atom is 0.255 e. The molecule has 0 spiro atoms. The number of benzene rings is 1. The van der Waals surface area contributed by atoms with Gasteiger partial charge in [-0.3, -0.25) is 9.78 Å². The Morgan fingerprint density at radius 1 is 1.19 bits per heavy atom. The van der Waals surface area contributed by atoms with E-state index >= 15 is 0 Å². The van der Waals surface area contributed by atoms with Gasteiger partial charge in [-0.15, -0.1) is 24.8 Å².